The summed E-state index contributed by atoms with van der Waals surface area (Å²) in [5.74, 6) is 0. The predicted molar refractivity (Wildman–Crippen MR) is 66.2 cm³/mol. The van der Waals surface area contributed by atoms with Gasteiger partial charge in [0, 0.05) is 18.1 Å². The van der Waals surface area contributed by atoms with Gasteiger partial charge in [0.15, 0.2) is 0 Å². The number of hydrogen-bond acceptors (Lipinski definition) is 2. The maximum Gasteiger partial charge on any atom is 0.0500 e. The minimum absolute atomic E-state index is 0. The van der Waals surface area contributed by atoms with Crippen LogP contribution in [-0.2, 0) is 0 Å². The average molecular weight is 230 g/mol. The van der Waals surface area contributed by atoms with Crippen molar-refractivity contribution >= 4 is 12.4 Å². The summed E-state index contributed by atoms with van der Waals surface area (Å²) in [5, 5.41) is 9.24. The van der Waals surface area contributed by atoms with E-state index in [4.69, 9.17) is 5.73 Å². The van der Waals surface area contributed by atoms with Crippen LogP contribution in [-0.4, -0.2) is 11.7 Å². The van der Waals surface area contributed by atoms with Crippen LogP contribution in [0, 0.1) is 12.3 Å². The fourth-order valence-electron chi connectivity index (χ4n) is 1.46. The number of nitrogens with two attached hydrogens (primary N) is 1. The Morgan fingerprint density at radius 1 is 1.33 bits per heavy atom. The lowest BCUT2D eigenvalue weighted by molar-refractivity contribution is 0.132. The molecule has 0 radical (unpaired) electrons. The SMILES string of the molecule is Cc1ccccc1[C@H](N)C(C)(C)CO.Cl. The van der Waals surface area contributed by atoms with Crippen LogP contribution >= 0.6 is 12.4 Å². The van der Waals surface area contributed by atoms with Crippen LogP contribution in [0.4, 0.5) is 0 Å². The largest absolute Gasteiger partial charge is 0.396 e. The van der Waals surface area contributed by atoms with Gasteiger partial charge in [-0.05, 0) is 18.1 Å². The summed E-state index contributed by atoms with van der Waals surface area (Å²) in [5.41, 5.74) is 8.15. The lowest BCUT2D eigenvalue weighted by Crippen LogP contribution is -2.32. The first-order valence-corrected chi connectivity index (χ1v) is 4.91. The van der Waals surface area contributed by atoms with Crippen LogP contribution in [0.15, 0.2) is 24.3 Å². The molecule has 1 aromatic carbocycles. The topological polar surface area (TPSA) is 46.2 Å². The fraction of sp³-hybridized carbons (Fsp3) is 0.500. The summed E-state index contributed by atoms with van der Waals surface area (Å²) in [6, 6.07) is 7.93. The molecule has 0 aliphatic heterocycles. The zero-order chi connectivity index (χ0) is 10.8. The van der Waals surface area contributed by atoms with Crippen molar-refractivity contribution in [2.24, 2.45) is 11.1 Å². The summed E-state index contributed by atoms with van der Waals surface area (Å²) in [4.78, 5) is 0. The molecule has 0 amide bonds. The molecule has 0 bridgehead atoms. The summed E-state index contributed by atoms with van der Waals surface area (Å²) in [6.07, 6.45) is 0. The summed E-state index contributed by atoms with van der Waals surface area (Å²) in [6.45, 7) is 6.10. The monoisotopic (exact) mass is 229 g/mol. The molecule has 0 aliphatic carbocycles. The Morgan fingerprint density at radius 3 is 2.33 bits per heavy atom. The van der Waals surface area contributed by atoms with E-state index in [1.54, 1.807) is 0 Å². The van der Waals surface area contributed by atoms with E-state index in [0.717, 1.165) is 5.56 Å². The third-order valence-corrected chi connectivity index (χ3v) is 2.77. The molecule has 86 valence electrons. The lowest BCUT2D eigenvalue weighted by Gasteiger charge is -2.30. The molecule has 2 nitrogen and oxygen atoms in total. The smallest absolute Gasteiger partial charge is 0.0500 e. The molecule has 0 saturated heterocycles. The minimum atomic E-state index is -0.272. The second-order valence-corrected chi connectivity index (χ2v) is 4.48. The maximum absolute atomic E-state index is 9.24. The van der Waals surface area contributed by atoms with Gasteiger partial charge in [0.2, 0.25) is 0 Å². The standard InChI is InChI=1S/C12H19NO.ClH/c1-9-6-4-5-7-10(9)11(13)12(2,3)8-14;/h4-7,11,14H,8,13H2,1-3H3;1H/t11-;/m0./s1. The van der Waals surface area contributed by atoms with Crippen LogP contribution in [0.25, 0.3) is 0 Å². The molecule has 0 saturated carbocycles. The van der Waals surface area contributed by atoms with Crippen molar-refractivity contribution < 1.29 is 5.11 Å². The second kappa shape index (κ2) is 5.50. The lowest BCUT2D eigenvalue weighted by atomic mass is 9.80. The Bertz CT molecular complexity index is 312. The molecular formula is C12H20ClNO. The van der Waals surface area contributed by atoms with Gasteiger partial charge in [0.05, 0.1) is 0 Å². The van der Waals surface area contributed by atoms with Gasteiger partial charge in [-0.2, -0.15) is 0 Å². The maximum atomic E-state index is 9.24. The number of aryl methyl sites for hydroxylation is 1. The molecule has 3 heteroatoms. The highest BCUT2D eigenvalue weighted by atomic mass is 35.5. The van der Waals surface area contributed by atoms with Gasteiger partial charge < -0.3 is 10.8 Å². The third-order valence-electron chi connectivity index (χ3n) is 2.77. The highest BCUT2D eigenvalue weighted by Crippen LogP contribution is 2.31. The van der Waals surface area contributed by atoms with Crippen molar-refractivity contribution in [2.75, 3.05) is 6.61 Å². The van der Waals surface area contributed by atoms with Crippen LogP contribution in [0.5, 0.6) is 0 Å². The molecular weight excluding hydrogens is 210 g/mol. The highest BCUT2D eigenvalue weighted by molar-refractivity contribution is 5.85. The predicted octanol–water partition coefficient (Wildman–Crippen LogP) is 2.44. The fourth-order valence-corrected chi connectivity index (χ4v) is 1.46. The third kappa shape index (κ3) is 3.20. The molecule has 0 unspecified atom stereocenters. The van der Waals surface area contributed by atoms with E-state index in [1.165, 1.54) is 5.56 Å². The quantitative estimate of drug-likeness (QED) is 0.837. The first kappa shape index (κ1) is 14.4. The van der Waals surface area contributed by atoms with Crippen LogP contribution in [0.3, 0.4) is 0 Å². The zero-order valence-corrected chi connectivity index (χ0v) is 10.3. The first-order chi connectivity index (χ1) is 6.49. The summed E-state index contributed by atoms with van der Waals surface area (Å²) < 4.78 is 0. The Kier molecular flexibility index (Phi) is 5.29. The van der Waals surface area contributed by atoms with Crippen molar-refractivity contribution in [3.05, 3.63) is 35.4 Å². The summed E-state index contributed by atoms with van der Waals surface area (Å²) >= 11 is 0. The van der Waals surface area contributed by atoms with Crippen molar-refractivity contribution in [1.29, 1.82) is 0 Å². The molecule has 15 heavy (non-hydrogen) atoms. The van der Waals surface area contributed by atoms with E-state index in [9.17, 15) is 5.11 Å². The van der Waals surface area contributed by atoms with Gasteiger partial charge in [-0.25, -0.2) is 0 Å². The average Bonchev–Trinajstić information content (AvgIpc) is 2.17. The highest BCUT2D eigenvalue weighted by Gasteiger charge is 2.27. The Hall–Kier alpha value is -0.570. The Balaban J connectivity index is 0.00000196. The van der Waals surface area contributed by atoms with E-state index < -0.39 is 0 Å². The van der Waals surface area contributed by atoms with Crippen molar-refractivity contribution in [2.45, 2.75) is 26.8 Å². The van der Waals surface area contributed by atoms with Crippen molar-refractivity contribution in [1.82, 2.24) is 0 Å². The van der Waals surface area contributed by atoms with Gasteiger partial charge in [0.1, 0.15) is 0 Å². The van der Waals surface area contributed by atoms with Crippen LogP contribution in [0.1, 0.15) is 31.0 Å². The zero-order valence-electron chi connectivity index (χ0n) is 9.53. The second-order valence-electron chi connectivity index (χ2n) is 4.48. The molecule has 1 aromatic rings. The first-order valence-electron chi connectivity index (χ1n) is 4.91. The van der Waals surface area contributed by atoms with E-state index in [2.05, 4.69) is 0 Å². The van der Waals surface area contributed by atoms with E-state index in [-0.39, 0.29) is 30.5 Å². The number of aliphatic hydroxyl groups excluding tert-OH is 1. The molecule has 0 fully saturated rings. The molecule has 0 spiro atoms. The van der Waals surface area contributed by atoms with Crippen molar-refractivity contribution in [3.8, 4) is 0 Å². The molecule has 3 N–H and O–H groups in total. The Labute approximate surface area is 97.9 Å². The number of halogens is 1. The summed E-state index contributed by atoms with van der Waals surface area (Å²) in [7, 11) is 0. The molecule has 0 aromatic heterocycles. The molecule has 0 heterocycles. The van der Waals surface area contributed by atoms with Crippen LogP contribution in [0.2, 0.25) is 0 Å². The normalized spacial score (nSPS) is 13.1. The van der Waals surface area contributed by atoms with Crippen LogP contribution < -0.4 is 5.73 Å². The molecule has 0 aliphatic rings. The van der Waals surface area contributed by atoms with Gasteiger partial charge in [0.25, 0.3) is 0 Å². The molecule has 1 rings (SSSR count). The minimum Gasteiger partial charge on any atom is -0.396 e. The van der Waals surface area contributed by atoms with E-state index in [0.29, 0.717) is 0 Å². The van der Waals surface area contributed by atoms with E-state index in [1.807, 2.05) is 45.0 Å². The number of benzene rings is 1. The van der Waals surface area contributed by atoms with Gasteiger partial charge in [-0.15, -0.1) is 12.4 Å². The number of aliphatic hydroxyl groups is 1. The van der Waals surface area contributed by atoms with Gasteiger partial charge in [-0.1, -0.05) is 38.1 Å². The number of hydrogen-bond donors (Lipinski definition) is 2. The molecule has 1 atom stereocenters. The number of rotatable bonds is 3. The van der Waals surface area contributed by atoms with E-state index >= 15 is 0 Å². The van der Waals surface area contributed by atoms with Gasteiger partial charge in [-0.3, -0.25) is 0 Å². The van der Waals surface area contributed by atoms with Gasteiger partial charge >= 0.3 is 0 Å². The Morgan fingerprint density at radius 2 is 1.87 bits per heavy atom. The van der Waals surface area contributed by atoms with Crippen molar-refractivity contribution in [3.63, 3.8) is 0 Å².